The Morgan fingerprint density at radius 2 is 2.00 bits per heavy atom. The van der Waals surface area contributed by atoms with Gasteiger partial charge < -0.3 is 15.0 Å². The number of nitrogens with zero attached hydrogens (tertiary/aromatic N) is 3. The number of pyridine rings is 1. The summed E-state index contributed by atoms with van der Waals surface area (Å²) >= 11 is 0. The molecule has 3 rings (SSSR count). The lowest BCUT2D eigenvalue weighted by Gasteiger charge is -2.35. The van der Waals surface area contributed by atoms with Gasteiger partial charge in [-0.3, -0.25) is 9.88 Å². The second-order valence-corrected chi connectivity index (χ2v) is 7.23. The fourth-order valence-electron chi connectivity index (χ4n) is 4.01. The van der Waals surface area contributed by atoms with Gasteiger partial charge in [-0.2, -0.15) is 0 Å². The lowest BCUT2D eigenvalue weighted by Crippen LogP contribution is -2.46. The van der Waals surface area contributed by atoms with Crippen LogP contribution in [0.15, 0.2) is 24.5 Å². The number of likely N-dealkylation sites (tertiary alicyclic amines) is 1. The fraction of sp³-hybridized carbons (Fsp3) is 0.684. The second-order valence-electron chi connectivity index (χ2n) is 7.23. The van der Waals surface area contributed by atoms with Gasteiger partial charge in [0.2, 0.25) is 0 Å². The summed E-state index contributed by atoms with van der Waals surface area (Å²) < 4.78 is 5.76. The molecule has 0 unspecified atom stereocenters. The highest BCUT2D eigenvalue weighted by Gasteiger charge is 2.29. The summed E-state index contributed by atoms with van der Waals surface area (Å²) in [6.07, 6.45) is 7.25. The third kappa shape index (κ3) is 4.92. The number of carbonyl (C=O) groups excluding carboxylic acids is 1. The Labute approximate surface area is 150 Å². The molecule has 2 aliphatic heterocycles. The van der Waals surface area contributed by atoms with Crippen molar-refractivity contribution in [2.75, 3.05) is 32.7 Å². The van der Waals surface area contributed by atoms with Crippen LogP contribution in [0.4, 0.5) is 4.79 Å². The maximum atomic E-state index is 12.5. The summed E-state index contributed by atoms with van der Waals surface area (Å²) in [4.78, 5) is 21.0. The summed E-state index contributed by atoms with van der Waals surface area (Å²) in [5, 5.41) is 3.10. The SMILES string of the molecule is C[C@@H]1CN(CCCNC(=O)N2CCC[C@@H]2c2ccncc2)C[C@@H](C)O1. The number of rotatable bonds is 5. The molecular formula is C19H30N4O2. The number of hydrogen-bond donors (Lipinski definition) is 1. The smallest absolute Gasteiger partial charge is 0.317 e. The van der Waals surface area contributed by atoms with E-state index in [1.165, 1.54) is 5.56 Å². The molecule has 6 heteroatoms. The van der Waals surface area contributed by atoms with Crippen LogP contribution in [0, 0.1) is 0 Å². The first-order chi connectivity index (χ1) is 12.1. The third-order valence-corrected chi connectivity index (χ3v) is 5.03. The zero-order valence-electron chi connectivity index (χ0n) is 15.4. The summed E-state index contributed by atoms with van der Waals surface area (Å²) in [5.74, 6) is 0. The van der Waals surface area contributed by atoms with E-state index in [2.05, 4.69) is 29.0 Å². The highest BCUT2D eigenvalue weighted by Crippen LogP contribution is 2.31. The number of hydrogen-bond acceptors (Lipinski definition) is 4. The zero-order chi connectivity index (χ0) is 17.6. The van der Waals surface area contributed by atoms with Gasteiger partial charge in [0.05, 0.1) is 18.2 Å². The van der Waals surface area contributed by atoms with Gasteiger partial charge in [-0.15, -0.1) is 0 Å². The predicted octanol–water partition coefficient (Wildman–Crippen LogP) is 2.43. The van der Waals surface area contributed by atoms with E-state index in [0.717, 1.165) is 52.0 Å². The molecule has 2 amide bonds. The van der Waals surface area contributed by atoms with Crippen LogP contribution in [0.3, 0.4) is 0 Å². The molecule has 138 valence electrons. The van der Waals surface area contributed by atoms with E-state index in [1.807, 2.05) is 17.0 Å². The van der Waals surface area contributed by atoms with Crippen molar-refractivity contribution in [3.63, 3.8) is 0 Å². The zero-order valence-corrected chi connectivity index (χ0v) is 15.4. The van der Waals surface area contributed by atoms with E-state index in [9.17, 15) is 4.79 Å². The third-order valence-electron chi connectivity index (χ3n) is 5.03. The summed E-state index contributed by atoms with van der Waals surface area (Å²) in [5.41, 5.74) is 1.18. The van der Waals surface area contributed by atoms with Crippen LogP contribution < -0.4 is 5.32 Å². The van der Waals surface area contributed by atoms with Gasteiger partial charge in [0.15, 0.2) is 0 Å². The van der Waals surface area contributed by atoms with Crippen LogP contribution in [0.1, 0.15) is 44.7 Å². The van der Waals surface area contributed by atoms with Gasteiger partial charge >= 0.3 is 6.03 Å². The van der Waals surface area contributed by atoms with Crippen LogP contribution in [0.2, 0.25) is 0 Å². The topological polar surface area (TPSA) is 57.7 Å². The minimum atomic E-state index is 0.0584. The average molecular weight is 346 g/mol. The van der Waals surface area contributed by atoms with Gasteiger partial charge in [-0.05, 0) is 50.8 Å². The Bertz CT molecular complexity index is 544. The first-order valence-corrected chi connectivity index (χ1v) is 9.45. The fourth-order valence-corrected chi connectivity index (χ4v) is 4.01. The van der Waals surface area contributed by atoms with Gasteiger partial charge in [0.25, 0.3) is 0 Å². The molecular weight excluding hydrogens is 316 g/mol. The molecule has 2 saturated heterocycles. The molecule has 3 atom stereocenters. The highest BCUT2D eigenvalue weighted by molar-refractivity contribution is 5.75. The average Bonchev–Trinajstić information content (AvgIpc) is 3.08. The molecule has 6 nitrogen and oxygen atoms in total. The molecule has 1 aromatic heterocycles. The van der Waals surface area contributed by atoms with Crippen LogP contribution in [0.5, 0.6) is 0 Å². The van der Waals surface area contributed by atoms with E-state index >= 15 is 0 Å². The maximum Gasteiger partial charge on any atom is 0.317 e. The molecule has 0 spiro atoms. The van der Waals surface area contributed by atoms with Gasteiger partial charge in [0.1, 0.15) is 0 Å². The Morgan fingerprint density at radius 3 is 2.72 bits per heavy atom. The Morgan fingerprint density at radius 1 is 1.28 bits per heavy atom. The molecule has 3 heterocycles. The first-order valence-electron chi connectivity index (χ1n) is 9.45. The van der Waals surface area contributed by atoms with Crippen molar-refractivity contribution >= 4 is 6.03 Å². The van der Waals surface area contributed by atoms with Crippen LogP contribution in [0.25, 0.3) is 0 Å². The number of amides is 2. The molecule has 0 radical (unpaired) electrons. The van der Waals surface area contributed by atoms with Gasteiger partial charge in [-0.25, -0.2) is 4.79 Å². The van der Waals surface area contributed by atoms with Crippen molar-refractivity contribution in [3.05, 3.63) is 30.1 Å². The van der Waals surface area contributed by atoms with Crippen LogP contribution in [-0.2, 0) is 4.74 Å². The van der Waals surface area contributed by atoms with E-state index in [-0.39, 0.29) is 12.1 Å². The van der Waals surface area contributed by atoms with Crippen LogP contribution in [-0.4, -0.2) is 65.7 Å². The predicted molar refractivity (Wildman–Crippen MR) is 97.4 cm³/mol. The summed E-state index contributed by atoms with van der Waals surface area (Å²) in [7, 11) is 0. The van der Waals surface area contributed by atoms with E-state index in [1.54, 1.807) is 12.4 Å². The Kier molecular flexibility index (Phi) is 6.26. The molecule has 0 bridgehead atoms. The van der Waals surface area contributed by atoms with Crippen molar-refractivity contribution in [2.45, 2.75) is 51.4 Å². The maximum absolute atomic E-state index is 12.5. The van der Waals surface area contributed by atoms with Gasteiger partial charge in [0, 0.05) is 45.1 Å². The standard InChI is InChI=1S/C19H30N4O2/c1-15-13-22(14-16(2)25-15)11-4-8-21-19(24)23-12-3-5-18(23)17-6-9-20-10-7-17/h6-7,9-10,15-16,18H,3-5,8,11-14H2,1-2H3,(H,21,24)/t15-,16-,18-/m1/s1. The van der Waals surface area contributed by atoms with Crippen molar-refractivity contribution < 1.29 is 9.53 Å². The quantitative estimate of drug-likeness (QED) is 0.832. The van der Waals surface area contributed by atoms with Crippen molar-refractivity contribution in [3.8, 4) is 0 Å². The molecule has 0 saturated carbocycles. The van der Waals surface area contributed by atoms with Crippen molar-refractivity contribution in [2.24, 2.45) is 0 Å². The van der Waals surface area contributed by atoms with E-state index in [0.29, 0.717) is 12.2 Å². The monoisotopic (exact) mass is 346 g/mol. The Balaban J connectivity index is 1.41. The minimum absolute atomic E-state index is 0.0584. The Hall–Kier alpha value is -1.66. The number of urea groups is 1. The number of nitrogens with one attached hydrogen (secondary N) is 1. The number of morpholine rings is 1. The summed E-state index contributed by atoms with van der Waals surface area (Å²) in [6, 6.07) is 4.26. The number of carbonyl (C=O) groups is 1. The second kappa shape index (κ2) is 8.63. The van der Waals surface area contributed by atoms with Crippen molar-refractivity contribution in [1.82, 2.24) is 20.1 Å². The van der Waals surface area contributed by atoms with Crippen molar-refractivity contribution in [1.29, 1.82) is 0 Å². The molecule has 0 aromatic carbocycles. The number of ether oxygens (including phenoxy) is 1. The largest absolute Gasteiger partial charge is 0.373 e. The normalized spacial score (nSPS) is 27.4. The number of aromatic nitrogens is 1. The lowest BCUT2D eigenvalue weighted by atomic mass is 10.1. The molecule has 2 aliphatic rings. The highest BCUT2D eigenvalue weighted by atomic mass is 16.5. The molecule has 1 N–H and O–H groups in total. The van der Waals surface area contributed by atoms with E-state index in [4.69, 9.17) is 4.74 Å². The molecule has 0 aliphatic carbocycles. The first kappa shape index (κ1) is 18.1. The molecule has 1 aromatic rings. The van der Waals surface area contributed by atoms with Gasteiger partial charge in [-0.1, -0.05) is 0 Å². The van der Waals surface area contributed by atoms with Crippen LogP contribution >= 0.6 is 0 Å². The lowest BCUT2D eigenvalue weighted by molar-refractivity contribution is -0.0679. The van der Waals surface area contributed by atoms with E-state index < -0.39 is 0 Å². The summed E-state index contributed by atoms with van der Waals surface area (Å²) in [6.45, 7) is 8.76. The molecule has 2 fully saturated rings. The molecule has 25 heavy (non-hydrogen) atoms. The minimum Gasteiger partial charge on any atom is -0.373 e.